The number of allylic oxidation sites excluding steroid dienone is 2. The van der Waals surface area contributed by atoms with E-state index in [9.17, 15) is 9.59 Å². The van der Waals surface area contributed by atoms with Crippen molar-refractivity contribution in [3.05, 3.63) is 77.9 Å². The third kappa shape index (κ3) is 6.09. The molecule has 1 aliphatic carbocycles. The molecule has 0 radical (unpaired) electrons. The van der Waals surface area contributed by atoms with E-state index in [1.54, 1.807) is 26.4 Å². The molecular weight excluding hydrogens is 496 g/mol. The van der Waals surface area contributed by atoms with E-state index in [1.807, 2.05) is 11.0 Å². The van der Waals surface area contributed by atoms with E-state index >= 15 is 0 Å². The zero-order chi connectivity index (χ0) is 27.2. The molecular formula is C30H32N4O5. The summed E-state index contributed by atoms with van der Waals surface area (Å²) >= 11 is 0. The predicted octanol–water partition coefficient (Wildman–Crippen LogP) is 3.95. The van der Waals surface area contributed by atoms with Gasteiger partial charge in [0.15, 0.2) is 11.5 Å². The summed E-state index contributed by atoms with van der Waals surface area (Å²) in [7, 11) is 3.15. The van der Waals surface area contributed by atoms with Crippen LogP contribution in [0, 0.1) is 5.92 Å². The van der Waals surface area contributed by atoms with Gasteiger partial charge in [-0.1, -0.05) is 30.3 Å². The van der Waals surface area contributed by atoms with Gasteiger partial charge in [0.05, 0.1) is 30.6 Å². The minimum Gasteiger partial charge on any atom is -0.493 e. The fraction of sp³-hybridized carbons (Fsp3) is 0.333. The number of ether oxygens (including phenoxy) is 3. The molecule has 0 spiro atoms. The average molecular weight is 529 g/mol. The molecule has 1 fully saturated rings. The van der Waals surface area contributed by atoms with E-state index in [0.29, 0.717) is 53.0 Å². The number of nitrogens with zero attached hydrogens (tertiary/aromatic N) is 3. The number of likely N-dealkylation sites (tertiary alicyclic amines) is 1. The summed E-state index contributed by atoms with van der Waals surface area (Å²) in [6.45, 7) is 2.30. The van der Waals surface area contributed by atoms with Gasteiger partial charge in [-0.3, -0.25) is 9.59 Å². The highest BCUT2D eigenvalue weighted by Crippen LogP contribution is 2.34. The van der Waals surface area contributed by atoms with Gasteiger partial charge >= 0.3 is 0 Å². The number of hydrogen-bond donors (Lipinski definition) is 1. The Morgan fingerprint density at radius 3 is 2.49 bits per heavy atom. The van der Waals surface area contributed by atoms with Crippen LogP contribution < -0.4 is 14.8 Å². The maximum absolute atomic E-state index is 13.1. The first kappa shape index (κ1) is 26.4. The number of hydrogen-bond acceptors (Lipinski definition) is 9. The summed E-state index contributed by atoms with van der Waals surface area (Å²) < 4.78 is 16.3. The Kier molecular flexibility index (Phi) is 8.17. The molecule has 5 rings (SSSR count). The van der Waals surface area contributed by atoms with Crippen LogP contribution >= 0.6 is 0 Å². The lowest BCUT2D eigenvalue weighted by molar-refractivity contribution is -0.116. The number of carbonyl (C=O) groups excluding carboxylic acids is 2. The van der Waals surface area contributed by atoms with Crippen LogP contribution in [0.3, 0.4) is 0 Å². The van der Waals surface area contributed by atoms with E-state index in [-0.39, 0.29) is 17.3 Å². The second-order valence-electron chi connectivity index (χ2n) is 9.64. The number of anilines is 1. The van der Waals surface area contributed by atoms with E-state index in [1.165, 1.54) is 24.0 Å². The maximum atomic E-state index is 13.1. The molecule has 0 unspecified atom stereocenters. The second-order valence-corrected chi connectivity index (χ2v) is 9.64. The summed E-state index contributed by atoms with van der Waals surface area (Å²) in [5.41, 5.74) is 2.56. The summed E-state index contributed by atoms with van der Waals surface area (Å²) in [6.07, 6.45) is 7.19. The van der Waals surface area contributed by atoms with E-state index < -0.39 is 0 Å². The number of rotatable bonds is 10. The van der Waals surface area contributed by atoms with Crippen LogP contribution in [0.25, 0.3) is 10.9 Å². The van der Waals surface area contributed by atoms with Gasteiger partial charge in [0.25, 0.3) is 0 Å². The number of piperidine rings is 1. The molecule has 9 heteroatoms. The molecule has 1 aliphatic heterocycles. The van der Waals surface area contributed by atoms with Gasteiger partial charge in [-0.2, -0.15) is 0 Å². The Morgan fingerprint density at radius 1 is 0.949 bits per heavy atom. The van der Waals surface area contributed by atoms with Gasteiger partial charge in [-0.25, -0.2) is 9.97 Å². The van der Waals surface area contributed by atoms with Crippen molar-refractivity contribution in [3.63, 3.8) is 0 Å². The molecule has 202 valence electrons. The third-order valence-corrected chi connectivity index (χ3v) is 7.10. The van der Waals surface area contributed by atoms with Gasteiger partial charge in [0, 0.05) is 43.8 Å². The lowest BCUT2D eigenvalue weighted by Crippen LogP contribution is -2.37. The summed E-state index contributed by atoms with van der Waals surface area (Å²) in [4.78, 5) is 36.8. The molecule has 0 amide bonds. The van der Waals surface area contributed by atoms with Crippen LogP contribution in [0.15, 0.2) is 72.3 Å². The average Bonchev–Trinajstić information content (AvgIpc) is 2.96. The van der Waals surface area contributed by atoms with Gasteiger partial charge in [0.2, 0.25) is 11.6 Å². The fourth-order valence-corrected chi connectivity index (χ4v) is 5.02. The first-order valence-corrected chi connectivity index (χ1v) is 13.1. The molecule has 1 N–H and O–H groups in total. The van der Waals surface area contributed by atoms with Crippen LogP contribution in [-0.2, 0) is 20.7 Å². The van der Waals surface area contributed by atoms with Crippen molar-refractivity contribution >= 4 is 28.3 Å². The van der Waals surface area contributed by atoms with Crippen LogP contribution in [0.4, 0.5) is 5.82 Å². The van der Waals surface area contributed by atoms with Crippen molar-refractivity contribution in [2.45, 2.75) is 19.3 Å². The highest BCUT2D eigenvalue weighted by atomic mass is 16.5. The Bertz CT molecular complexity index is 1410. The Balaban J connectivity index is 1.27. The van der Waals surface area contributed by atoms with Crippen molar-refractivity contribution in [3.8, 4) is 11.5 Å². The van der Waals surface area contributed by atoms with Crippen molar-refractivity contribution in [1.29, 1.82) is 0 Å². The summed E-state index contributed by atoms with van der Waals surface area (Å²) in [5, 5.41) is 3.67. The van der Waals surface area contributed by atoms with Crippen molar-refractivity contribution in [1.82, 2.24) is 14.9 Å². The molecule has 0 bridgehead atoms. The Labute approximate surface area is 227 Å². The second kappa shape index (κ2) is 12.1. The molecule has 39 heavy (non-hydrogen) atoms. The minimum atomic E-state index is -0.269. The van der Waals surface area contributed by atoms with E-state index in [4.69, 9.17) is 14.2 Å². The molecule has 1 aromatic heterocycles. The summed E-state index contributed by atoms with van der Waals surface area (Å²) in [5.74, 6) is 1.52. The van der Waals surface area contributed by atoms with Crippen molar-refractivity contribution in [2.24, 2.45) is 5.92 Å². The fourth-order valence-electron chi connectivity index (χ4n) is 5.02. The number of methoxy groups -OCH3 is 2. The largest absolute Gasteiger partial charge is 0.493 e. The first-order valence-electron chi connectivity index (χ1n) is 13.1. The molecule has 2 aliphatic rings. The third-order valence-electron chi connectivity index (χ3n) is 7.10. The Hall–Kier alpha value is -4.24. The van der Waals surface area contributed by atoms with Crippen LogP contribution in [0.1, 0.15) is 18.4 Å². The van der Waals surface area contributed by atoms with Gasteiger partial charge in [0.1, 0.15) is 18.8 Å². The van der Waals surface area contributed by atoms with Gasteiger partial charge in [-0.15, -0.1) is 0 Å². The topological polar surface area (TPSA) is 103 Å². The van der Waals surface area contributed by atoms with Crippen molar-refractivity contribution < 1.29 is 23.8 Å². The SMILES string of the molecule is COCCOc1cc2ncnc(NC3=CC(=O)C(N4CCC(Cc5ccccc5)CC4)=CC3=O)c2cc1OC. The molecule has 0 atom stereocenters. The monoisotopic (exact) mass is 528 g/mol. The minimum absolute atomic E-state index is 0.169. The lowest BCUT2D eigenvalue weighted by atomic mass is 9.89. The van der Waals surface area contributed by atoms with E-state index in [2.05, 4.69) is 39.6 Å². The summed E-state index contributed by atoms with van der Waals surface area (Å²) in [6, 6.07) is 14.0. The Morgan fingerprint density at radius 2 is 1.74 bits per heavy atom. The number of ketones is 2. The highest BCUT2D eigenvalue weighted by Gasteiger charge is 2.28. The normalized spacial score (nSPS) is 16.2. The lowest BCUT2D eigenvalue weighted by Gasteiger charge is -2.35. The van der Waals surface area contributed by atoms with Crippen LogP contribution in [0.5, 0.6) is 11.5 Å². The molecule has 2 heterocycles. The highest BCUT2D eigenvalue weighted by molar-refractivity contribution is 6.21. The zero-order valence-electron chi connectivity index (χ0n) is 22.2. The number of fused-ring (bicyclic) bond motifs is 1. The molecule has 1 saturated heterocycles. The van der Waals surface area contributed by atoms with Crippen molar-refractivity contribution in [2.75, 3.05) is 45.8 Å². The van der Waals surface area contributed by atoms with Crippen LogP contribution in [0.2, 0.25) is 0 Å². The van der Waals surface area contributed by atoms with Gasteiger partial charge in [-0.05, 0) is 36.8 Å². The van der Waals surface area contributed by atoms with Gasteiger partial charge < -0.3 is 24.4 Å². The smallest absolute Gasteiger partial charge is 0.204 e. The number of carbonyl (C=O) groups is 2. The molecule has 0 saturated carbocycles. The first-order chi connectivity index (χ1) is 19.1. The number of nitrogens with one attached hydrogen (secondary N) is 1. The number of aromatic nitrogens is 2. The maximum Gasteiger partial charge on any atom is 0.204 e. The quantitative estimate of drug-likeness (QED) is 0.309. The molecule has 3 aromatic rings. The van der Waals surface area contributed by atoms with E-state index in [0.717, 1.165) is 32.4 Å². The molecule has 9 nitrogen and oxygen atoms in total. The predicted molar refractivity (Wildman–Crippen MR) is 148 cm³/mol. The van der Waals surface area contributed by atoms with Crippen LogP contribution in [-0.4, -0.2) is 67.0 Å². The number of benzene rings is 2. The zero-order valence-corrected chi connectivity index (χ0v) is 22.2. The standard InChI is InChI=1S/C30H32N4O5/c1-37-12-13-39-29-17-23-22(15-28(29)38-2)30(32-19-31-23)33-24-16-27(36)25(18-26(24)35)34-10-8-21(9-11-34)14-20-6-4-3-5-7-20/h3-7,15-19,21H,8-14H2,1-2H3,(H,31,32,33). The molecule has 2 aromatic carbocycles.